The van der Waals surface area contributed by atoms with Crippen LogP contribution in [-0.4, -0.2) is 47.2 Å². The molecule has 0 bridgehead atoms. The standard InChI is InChI=1S/C15H24N4S/c1-12-5-8-20-15(12)11-19(7-6-18(3)4)10-14-9-13(2)16-17-14/h5,8-9H,6-7,10-11H2,1-4H3,(H,16,17). The molecule has 0 aliphatic carbocycles. The molecule has 2 rings (SSSR count). The number of nitrogens with one attached hydrogen (secondary N) is 1. The van der Waals surface area contributed by atoms with Crippen LogP contribution >= 0.6 is 11.3 Å². The Morgan fingerprint density at radius 2 is 2.00 bits per heavy atom. The van der Waals surface area contributed by atoms with E-state index in [0.717, 1.165) is 37.6 Å². The van der Waals surface area contributed by atoms with Gasteiger partial charge in [-0.05, 0) is 51.0 Å². The number of aryl methyl sites for hydroxylation is 2. The molecule has 0 aliphatic heterocycles. The first-order chi connectivity index (χ1) is 9.54. The molecule has 0 unspecified atom stereocenters. The fraction of sp³-hybridized carbons (Fsp3) is 0.533. The van der Waals surface area contributed by atoms with Gasteiger partial charge in [-0.15, -0.1) is 11.3 Å². The average Bonchev–Trinajstić information content (AvgIpc) is 2.96. The molecule has 0 amide bonds. The molecule has 2 heterocycles. The molecule has 4 nitrogen and oxygen atoms in total. The van der Waals surface area contributed by atoms with Crippen LogP contribution in [0.25, 0.3) is 0 Å². The van der Waals surface area contributed by atoms with Crippen LogP contribution in [0.5, 0.6) is 0 Å². The van der Waals surface area contributed by atoms with Crippen molar-refractivity contribution in [2.75, 3.05) is 27.2 Å². The number of aromatic nitrogens is 2. The van der Waals surface area contributed by atoms with E-state index in [-0.39, 0.29) is 0 Å². The van der Waals surface area contributed by atoms with Crippen molar-refractivity contribution in [2.45, 2.75) is 26.9 Å². The summed E-state index contributed by atoms with van der Waals surface area (Å²) < 4.78 is 0. The molecule has 0 aliphatic rings. The van der Waals surface area contributed by atoms with Crippen molar-refractivity contribution in [1.29, 1.82) is 0 Å². The van der Waals surface area contributed by atoms with Gasteiger partial charge in [0.05, 0.1) is 5.69 Å². The Morgan fingerprint density at radius 3 is 2.55 bits per heavy atom. The van der Waals surface area contributed by atoms with Crippen molar-refractivity contribution in [3.8, 4) is 0 Å². The summed E-state index contributed by atoms with van der Waals surface area (Å²) in [7, 11) is 4.24. The van der Waals surface area contributed by atoms with Gasteiger partial charge in [0.15, 0.2) is 0 Å². The second kappa shape index (κ2) is 7.02. The van der Waals surface area contributed by atoms with Crippen LogP contribution in [-0.2, 0) is 13.1 Å². The summed E-state index contributed by atoms with van der Waals surface area (Å²) in [5.41, 5.74) is 3.64. The number of nitrogens with zero attached hydrogens (tertiary/aromatic N) is 3. The third-order valence-corrected chi connectivity index (χ3v) is 4.35. The number of rotatable bonds is 7. The van der Waals surface area contributed by atoms with Gasteiger partial charge in [-0.1, -0.05) is 0 Å². The molecule has 5 heteroatoms. The van der Waals surface area contributed by atoms with Gasteiger partial charge in [0, 0.05) is 36.8 Å². The van der Waals surface area contributed by atoms with Crippen LogP contribution in [0.3, 0.4) is 0 Å². The molecule has 0 fully saturated rings. The number of likely N-dealkylation sites (N-methyl/N-ethyl adjacent to an activating group) is 1. The van der Waals surface area contributed by atoms with E-state index in [2.05, 4.69) is 58.5 Å². The number of hydrogen-bond donors (Lipinski definition) is 1. The highest BCUT2D eigenvalue weighted by Gasteiger charge is 2.11. The molecule has 0 saturated heterocycles. The van der Waals surface area contributed by atoms with Crippen LogP contribution in [0, 0.1) is 13.8 Å². The van der Waals surface area contributed by atoms with Crippen molar-refractivity contribution < 1.29 is 0 Å². The van der Waals surface area contributed by atoms with Crippen molar-refractivity contribution >= 4 is 11.3 Å². The maximum Gasteiger partial charge on any atom is 0.0765 e. The van der Waals surface area contributed by atoms with Gasteiger partial charge in [0.2, 0.25) is 0 Å². The van der Waals surface area contributed by atoms with Crippen LogP contribution < -0.4 is 0 Å². The van der Waals surface area contributed by atoms with E-state index in [1.165, 1.54) is 10.4 Å². The first-order valence-corrected chi connectivity index (χ1v) is 7.83. The zero-order valence-electron chi connectivity index (χ0n) is 12.8. The van der Waals surface area contributed by atoms with E-state index in [1.54, 1.807) is 0 Å². The van der Waals surface area contributed by atoms with E-state index in [9.17, 15) is 0 Å². The summed E-state index contributed by atoms with van der Waals surface area (Å²) in [6, 6.07) is 4.33. The lowest BCUT2D eigenvalue weighted by Gasteiger charge is -2.23. The van der Waals surface area contributed by atoms with E-state index in [1.807, 2.05) is 18.3 Å². The molecule has 0 atom stereocenters. The molecule has 2 aromatic heterocycles. The highest BCUT2D eigenvalue weighted by molar-refractivity contribution is 7.10. The first kappa shape index (κ1) is 15.2. The van der Waals surface area contributed by atoms with E-state index in [0.29, 0.717) is 0 Å². The van der Waals surface area contributed by atoms with Gasteiger partial charge >= 0.3 is 0 Å². The van der Waals surface area contributed by atoms with Crippen LogP contribution in [0.15, 0.2) is 17.5 Å². The summed E-state index contributed by atoms with van der Waals surface area (Å²) in [6.45, 7) is 8.25. The summed E-state index contributed by atoms with van der Waals surface area (Å²) in [6.07, 6.45) is 0. The summed E-state index contributed by atoms with van der Waals surface area (Å²) in [5, 5.41) is 9.56. The smallest absolute Gasteiger partial charge is 0.0765 e. The molecule has 0 aromatic carbocycles. The largest absolute Gasteiger partial charge is 0.308 e. The molecule has 2 aromatic rings. The van der Waals surface area contributed by atoms with Crippen molar-refractivity contribution in [1.82, 2.24) is 20.0 Å². The zero-order chi connectivity index (χ0) is 14.5. The van der Waals surface area contributed by atoms with Gasteiger partial charge in [-0.3, -0.25) is 10.00 Å². The third kappa shape index (κ3) is 4.44. The minimum absolute atomic E-state index is 0.898. The Kier molecular flexibility index (Phi) is 5.34. The molecular weight excluding hydrogens is 268 g/mol. The second-order valence-corrected chi connectivity index (χ2v) is 6.58. The highest BCUT2D eigenvalue weighted by atomic mass is 32.1. The summed E-state index contributed by atoms with van der Waals surface area (Å²) in [4.78, 5) is 6.15. The summed E-state index contributed by atoms with van der Waals surface area (Å²) in [5.74, 6) is 0. The van der Waals surface area contributed by atoms with Gasteiger partial charge in [0.25, 0.3) is 0 Å². The lowest BCUT2D eigenvalue weighted by Crippen LogP contribution is -2.31. The SMILES string of the molecule is Cc1cc(CN(CCN(C)C)Cc2sccc2C)n[nH]1. The van der Waals surface area contributed by atoms with Crippen molar-refractivity contribution in [3.63, 3.8) is 0 Å². The Morgan fingerprint density at radius 1 is 1.20 bits per heavy atom. The molecule has 110 valence electrons. The quantitative estimate of drug-likeness (QED) is 0.852. The predicted molar refractivity (Wildman–Crippen MR) is 85.0 cm³/mol. The number of hydrogen-bond acceptors (Lipinski definition) is 4. The van der Waals surface area contributed by atoms with E-state index in [4.69, 9.17) is 0 Å². The zero-order valence-corrected chi connectivity index (χ0v) is 13.6. The maximum absolute atomic E-state index is 4.36. The summed E-state index contributed by atoms with van der Waals surface area (Å²) >= 11 is 1.84. The molecule has 20 heavy (non-hydrogen) atoms. The Labute approximate surface area is 125 Å². The highest BCUT2D eigenvalue weighted by Crippen LogP contribution is 2.18. The fourth-order valence-electron chi connectivity index (χ4n) is 2.11. The minimum atomic E-state index is 0.898. The molecule has 0 spiro atoms. The van der Waals surface area contributed by atoms with Gasteiger partial charge in [-0.25, -0.2) is 0 Å². The van der Waals surface area contributed by atoms with E-state index < -0.39 is 0 Å². The van der Waals surface area contributed by atoms with Gasteiger partial charge < -0.3 is 4.90 Å². The lowest BCUT2D eigenvalue weighted by molar-refractivity contribution is 0.225. The van der Waals surface area contributed by atoms with E-state index >= 15 is 0 Å². The second-order valence-electron chi connectivity index (χ2n) is 5.58. The van der Waals surface area contributed by atoms with Crippen LogP contribution in [0.2, 0.25) is 0 Å². The molecular formula is C15H24N4S. The van der Waals surface area contributed by atoms with Gasteiger partial charge in [-0.2, -0.15) is 5.10 Å². The number of thiophene rings is 1. The Bertz CT molecular complexity index is 529. The van der Waals surface area contributed by atoms with Gasteiger partial charge in [0.1, 0.15) is 0 Å². The van der Waals surface area contributed by atoms with Crippen molar-refractivity contribution in [2.24, 2.45) is 0 Å². The average molecular weight is 292 g/mol. The van der Waals surface area contributed by atoms with Crippen LogP contribution in [0.1, 0.15) is 21.8 Å². The monoisotopic (exact) mass is 292 g/mol. The van der Waals surface area contributed by atoms with Crippen molar-refractivity contribution in [3.05, 3.63) is 39.3 Å². The third-order valence-electron chi connectivity index (χ3n) is 3.34. The fourth-order valence-corrected chi connectivity index (χ4v) is 3.06. The first-order valence-electron chi connectivity index (χ1n) is 6.95. The van der Waals surface area contributed by atoms with Crippen LogP contribution in [0.4, 0.5) is 0 Å². The molecule has 0 radical (unpaired) electrons. The normalized spacial score (nSPS) is 11.7. The lowest BCUT2D eigenvalue weighted by atomic mass is 10.2. The Balaban J connectivity index is 2.02. The Hall–Kier alpha value is -1.17. The molecule has 1 N–H and O–H groups in total. The molecule has 0 saturated carbocycles. The maximum atomic E-state index is 4.36. The predicted octanol–water partition coefficient (Wildman–Crippen LogP) is 2.65. The minimum Gasteiger partial charge on any atom is -0.308 e. The topological polar surface area (TPSA) is 35.2 Å². The number of aromatic amines is 1. The number of H-pyrrole nitrogens is 1.